The van der Waals surface area contributed by atoms with Crippen molar-refractivity contribution in [3.8, 4) is 0 Å². The molecule has 6 heteroatoms. The van der Waals surface area contributed by atoms with Crippen LogP contribution in [0.4, 0.5) is 5.69 Å². The van der Waals surface area contributed by atoms with Crippen LogP contribution in [0.5, 0.6) is 0 Å². The molecule has 0 saturated carbocycles. The molecule has 0 aliphatic rings. The molecule has 1 rings (SSSR count). The lowest BCUT2D eigenvalue weighted by molar-refractivity contribution is 0.204. The second-order valence-electron chi connectivity index (χ2n) is 3.03. The second-order valence-corrected chi connectivity index (χ2v) is 4.31. The van der Waals surface area contributed by atoms with Crippen molar-refractivity contribution >= 4 is 46.2 Å². The van der Waals surface area contributed by atoms with Crippen molar-refractivity contribution < 1.29 is 4.74 Å². The van der Waals surface area contributed by atoms with Gasteiger partial charge in [0.15, 0.2) is 5.11 Å². The van der Waals surface area contributed by atoms with Gasteiger partial charge in [-0.3, -0.25) is 0 Å². The van der Waals surface area contributed by atoms with Crippen molar-refractivity contribution in [2.45, 2.75) is 0 Å². The molecule has 88 valence electrons. The number of hydrogen-bond donors (Lipinski definition) is 2. The smallest absolute Gasteiger partial charge is 0.170 e. The van der Waals surface area contributed by atoms with E-state index in [4.69, 9.17) is 40.2 Å². The van der Waals surface area contributed by atoms with Crippen LogP contribution in [0.25, 0.3) is 0 Å². The van der Waals surface area contributed by atoms with Gasteiger partial charge in [0.2, 0.25) is 0 Å². The molecule has 0 aliphatic carbocycles. The fourth-order valence-electron chi connectivity index (χ4n) is 1.07. The zero-order valence-corrected chi connectivity index (χ0v) is 11.0. The van der Waals surface area contributed by atoms with Crippen LogP contribution in [0.2, 0.25) is 10.0 Å². The highest BCUT2D eigenvalue weighted by Gasteiger charge is 2.00. The standard InChI is InChI=1S/C10H12Cl2N2OS/c1-15-3-2-13-10(16)14-9-5-7(11)4-8(12)6-9/h4-6H,2-3H2,1H3,(H2,13,14,16). The lowest BCUT2D eigenvalue weighted by atomic mass is 10.3. The maximum absolute atomic E-state index is 5.85. The monoisotopic (exact) mass is 278 g/mol. The molecule has 0 heterocycles. The van der Waals surface area contributed by atoms with Gasteiger partial charge in [0, 0.05) is 29.4 Å². The van der Waals surface area contributed by atoms with Gasteiger partial charge in [-0.15, -0.1) is 0 Å². The molecule has 3 nitrogen and oxygen atoms in total. The number of methoxy groups -OCH3 is 1. The third kappa shape index (κ3) is 4.99. The summed E-state index contributed by atoms with van der Waals surface area (Å²) in [6, 6.07) is 5.16. The molecule has 16 heavy (non-hydrogen) atoms. The lowest BCUT2D eigenvalue weighted by Crippen LogP contribution is -2.31. The molecule has 0 spiro atoms. The van der Waals surface area contributed by atoms with Gasteiger partial charge in [0.05, 0.1) is 6.61 Å². The number of halogens is 2. The van der Waals surface area contributed by atoms with E-state index in [1.165, 1.54) is 0 Å². The molecule has 0 amide bonds. The maximum atomic E-state index is 5.85. The first-order chi connectivity index (χ1) is 7.61. The molecule has 1 aromatic rings. The number of nitrogens with one attached hydrogen (secondary N) is 2. The number of rotatable bonds is 4. The summed E-state index contributed by atoms with van der Waals surface area (Å²) < 4.78 is 4.89. The van der Waals surface area contributed by atoms with Crippen LogP contribution >= 0.6 is 35.4 Å². The van der Waals surface area contributed by atoms with E-state index >= 15 is 0 Å². The van der Waals surface area contributed by atoms with Gasteiger partial charge < -0.3 is 15.4 Å². The molecule has 2 N–H and O–H groups in total. The van der Waals surface area contributed by atoms with Crippen LogP contribution in [0, 0.1) is 0 Å². The first kappa shape index (κ1) is 13.5. The molecule has 0 unspecified atom stereocenters. The Labute approximate surface area is 110 Å². The summed E-state index contributed by atoms with van der Waals surface area (Å²) in [5.74, 6) is 0. The van der Waals surface area contributed by atoms with Gasteiger partial charge in [-0.2, -0.15) is 0 Å². The molecule has 0 aromatic heterocycles. The van der Waals surface area contributed by atoms with Crippen LogP contribution in [-0.2, 0) is 4.74 Å². The Morgan fingerprint density at radius 3 is 2.50 bits per heavy atom. The van der Waals surface area contributed by atoms with E-state index in [0.29, 0.717) is 28.3 Å². The topological polar surface area (TPSA) is 33.3 Å². The largest absolute Gasteiger partial charge is 0.383 e. The molecule has 0 fully saturated rings. The number of hydrogen-bond acceptors (Lipinski definition) is 2. The van der Waals surface area contributed by atoms with Crippen molar-refractivity contribution in [3.05, 3.63) is 28.2 Å². The Kier molecular flexibility index (Phi) is 5.84. The maximum Gasteiger partial charge on any atom is 0.170 e. The minimum Gasteiger partial charge on any atom is -0.383 e. The lowest BCUT2D eigenvalue weighted by Gasteiger charge is -2.10. The van der Waals surface area contributed by atoms with E-state index in [0.717, 1.165) is 5.69 Å². The number of thiocarbonyl (C=S) groups is 1. The van der Waals surface area contributed by atoms with Gasteiger partial charge in [0.1, 0.15) is 0 Å². The normalized spacial score (nSPS) is 9.94. The quantitative estimate of drug-likeness (QED) is 0.656. The van der Waals surface area contributed by atoms with Gasteiger partial charge >= 0.3 is 0 Å². The Bertz CT molecular complexity index is 354. The second kappa shape index (κ2) is 6.91. The van der Waals surface area contributed by atoms with E-state index in [9.17, 15) is 0 Å². The number of anilines is 1. The van der Waals surface area contributed by atoms with Crippen molar-refractivity contribution in [2.75, 3.05) is 25.6 Å². The van der Waals surface area contributed by atoms with Gasteiger partial charge in [-0.05, 0) is 30.4 Å². The van der Waals surface area contributed by atoms with E-state index < -0.39 is 0 Å². The Morgan fingerprint density at radius 1 is 1.31 bits per heavy atom. The van der Waals surface area contributed by atoms with Crippen LogP contribution in [-0.4, -0.2) is 25.4 Å². The average molecular weight is 279 g/mol. The molecule has 0 bridgehead atoms. The number of benzene rings is 1. The Balaban J connectivity index is 2.49. The fraction of sp³-hybridized carbons (Fsp3) is 0.300. The predicted molar refractivity (Wildman–Crippen MR) is 72.6 cm³/mol. The van der Waals surface area contributed by atoms with Gasteiger partial charge in [0.25, 0.3) is 0 Å². The van der Waals surface area contributed by atoms with Crippen molar-refractivity contribution in [1.82, 2.24) is 5.32 Å². The molecule has 0 aliphatic heterocycles. The highest BCUT2D eigenvalue weighted by Crippen LogP contribution is 2.22. The molecule has 0 atom stereocenters. The number of ether oxygens (including phenoxy) is 1. The summed E-state index contributed by atoms with van der Waals surface area (Å²) in [5, 5.41) is 7.60. The van der Waals surface area contributed by atoms with E-state index in [1.54, 1.807) is 25.3 Å². The molecular formula is C10H12Cl2N2OS. The zero-order chi connectivity index (χ0) is 12.0. The third-order valence-electron chi connectivity index (χ3n) is 1.71. The minimum absolute atomic E-state index is 0.510. The Morgan fingerprint density at radius 2 is 1.94 bits per heavy atom. The summed E-state index contributed by atoms with van der Waals surface area (Å²) in [7, 11) is 1.63. The first-order valence-electron chi connectivity index (χ1n) is 4.61. The van der Waals surface area contributed by atoms with Gasteiger partial charge in [-0.25, -0.2) is 0 Å². The molecule has 1 aromatic carbocycles. The van der Waals surface area contributed by atoms with Crippen LogP contribution in [0.3, 0.4) is 0 Å². The summed E-state index contributed by atoms with van der Waals surface area (Å²) >= 11 is 16.8. The van der Waals surface area contributed by atoms with Crippen molar-refractivity contribution in [1.29, 1.82) is 0 Å². The summed E-state index contributed by atoms with van der Waals surface area (Å²) in [6.45, 7) is 1.24. The van der Waals surface area contributed by atoms with Crippen LogP contribution in [0.15, 0.2) is 18.2 Å². The summed E-state index contributed by atoms with van der Waals surface area (Å²) in [5.41, 5.74) is 0.757. The third-order valence-corrected chi connectivity index (χ3v) is 2.40. The molecule has 0 radical (unpaired) electrons. The summed E-state index contributed by atoms with van der Waals surface area (Å²) in [4.78, 5) is 0. The molecule has 0 saturated heterocycles. The van der Waals surface area contributed by atoms with E-state index in [-0.39, 0.29) is 0 Å². The van der Waals surface area contributed by atoms with Crippen molar-refractivity contribution in [3.63, 3.8) is 0 Å². The van der Waals surface area contributed by atoms with Gasteiger partial charge in [-0.1, -0.05) is 23.2 Å². The SMILES string of the molecule is COCCNC(=S)Nc1cc(Cl)cc(Cl)c1. The van der Waals surface area contributed by atoms with E-state index in [1.807, 2.05) is 0 Å². The Hall–Kier alpha value is -0.550. The van der Waals surface area contributed by atoms with Crippen molar-refractivity contribution in [2.24, 2.45) is 0 Å². The highest BCUT2D eigenvalue weighted by molar-refractivity contribution is 7.80. The fourth-order valence-corrected chi connectivity index (χ4v) is 1.81. The van der Waals surface area contributed by atoms with Crippen LogP contribution < -0.4 is 10.6 Å². The predicted octanol–water partition coefficient (Wildman–Crippen LogP) is 2.93. The first-order valence-corrected chi connectivity index (χ1v) is 5.78. The van der Waals surface area contributed by atoms with Crippen LogP contribution in [0.1, 0.15) is 0 Å². The minimum atomic E-state index is 0.510. The highest BCUT2D eigenvalue weighted by atomic mass is 35.5. The molecular weight excluding hydrogens is 267 g/mol. The zero-order valence-electron chi connectivity index (χ0n) is 8.72. The van der Waals surface area contributed by atoms with E-state index in [2.05, 4.69) is 10.6 Å². The average Bonchev–Trinajstić information content (AvgIpc) is 2.16. The summed E-state index contributed by atoms with van der Waals surface area (Å²) in [6.07, 6.45) is 0.